The summed E-state index contributed by atoms with van der Waals surface area (Å²) in [5.74, 6) is -0.460. The normalized spacial score (nSPS) is 13.3. The van der Waals surface area contributed by atoms with Gasteiger partial charge < -0.3 is 11.1 Å². The van der Waals surface area contributed by atoms with E-state index in [0.29, 0.717) is 13.0 Å². The standard InChI is InChI=1S/C20H26N4O3/c1-3-11-24-18(21)17(19(26)23(2)20(24)27)16(25)12-22-15-10-6-8-13-7-4-5-9-14(13)15/h6,8,10,22H,3-5,7,9,11-12,21H2,1-2H3. The average molecular weight is 370 g/mol. The Bertz CT molecular complexity index is 988. The lowest BCUT2D eigenvalue weighted by Crippen LogP contribution is -2.43. The number of aromatic nitrogens is 2. The maximum atomic E-state index is 12.8. The van der Waals surface area contributed by atoms with Crippen molar-refractivity contribution in [1.29, 1.82) is 0 Å². The fourth-order valence-corrected chi connectivity index (χ4v) is 3.70. The monoisotopic (exact) mass is 370 g/mol. The van der Waals surface area contributed by atoms with Gasteiger partial charge in [0.2, 0.25) is 0 Å². The molecule has 144 valence electrons. The lowest BCUT2D eigenvalue weighted by Gasteiger charge is -2.20. The van der Waals surface area contributed by atoms with Crippen LogP contribution in [0.5, 0.6) is 0 Å². The molecule has 0 radical (unpaired) electrons. The number of anilines is 2. The van der Waals surface area contributed by atoms with Gasteiger partial charge in [0, 0.05) is 19.3 Å². The van der Waals surface area contributed by atoms with Crippen molar-refractivity contribution in [3.63, 3.8) is 0 Å². The molecule has 0 fully saturated rings. The molecule has 3 rings (SSSR count). The SMILES string of the molecule is CCCn1c(N)c(C(=O)CNc2cccc3c2CCCC3)c(=O)n(C)c1=O. The lowest BCUT2D eigenvalue weighted by molar-refractivity contribution is 0.100. The van der Waals surface area contributed by atoms with Gasteiger partial charge >= 0.3 is 5.69 Å². The van der Waals surface area contributed by atoms with Gasteiger partial charge in [-0.2, -0.15) is 0 Å². The van der Waals surface area contributed by atoms with Crippen LogP contribution < -0.4 is 22.3 Å². The number of nitrogen functional groups attached to an aromatic ring is 1. The quantitative estimate of drug-likeness (QED) is 0.754. The van der Waals surface area contributed by atoms with Gasteiger partial charge in [-0.05, 0) is 49.3 Å². The van der Waals surface area contributed by atoms with E-state index in [9.17, 15) is 14.4 Å². The smallest absolute Gasteiger partial charge is 0.332 e. The maximum Gasteiger partial charge on any atom is 0.332 e. The van der Waals surface area contributed by atoms with Crippen LogP contribution in [-0.2, 0) is 26.4 Å². The van der Waals surface area contributed by atoms with Gasteiger partial charge in [0.25, 0.3) is 5.56 Å². The number of fused-ring (bicyclic) bond motifs is 1. The number of carbonyl (C=O) groups excluding carboxylic acids is 1. The van der Waals surface area contributed by atoms with Crippen molar-refractivity contribution in [2.45, 2.75) is 45.6 Å². The summed E-state index contributed by atoms with van der Waals surface area (Å²) in [6, 6.07) is 6.05. The van der Waals surface area contributed by atoms with E-state index in [1.54, 1.807) is 0 Å². The van der Waals surface area contributed by atoms with Crippen LogP contribution in [0.25, 0.3) is 0 Å². The van der Waals surface area contributed by atoms with Crippen LogP contribution in [0.15, 0.2) is 27.8 Å². The molecule has 0 atom stereocenters. The highest BCUT2D eigenvalue weighted by Crippen LogP contribution is 2.27. The number of rotatable bonds is 6. The van der Waals surface area contributed by atoms with Crippen molar-refractivity contribution in [3.05, 3.63) is 55.7 Å². The van der Waals surface area contributed by atoms with Crippen molar-refractivity contribution < 1.29 is 4.79 Å². The molecule has 1 aromatic carbocycles. The predicted molar refractivity (Wildman–Crippen MR) is 107 cm³/mol. The van der Waals surface area contributed by atoms with E-state index in [0.717, 1.165) is 29.5 Å². The van der Waals surface area contributed by atoms with E-state index in [4.69, 9.17) is 5.73 Å². The average Bonchev–Trinajstić information content (AvgIpc) is 2.68. The van der Waals surface area contributed by atoms with E-state index >= 15 is 0 Å². The van der Waals surface area contributed by atoms with Crippen molar-refractivity contribution >= 4 is 17.3 Å². The lowest BCUT2D eigenvalue weighted by atomic mass is 9.90. The zero-order chi connectivity index (χ0) is 19.6. The Morgan fingerprint density at radius 1 is 1.22 bits per heavy atom. The number of hydrogen-bond acceptors (Lipinski definition) is 5. The summed E-state index contributed by atoms with van der Waals surface area (Å²) in [4.78, 5) is 37.5. The molecular weight excluding hydrogens is 344 g/mol. The van der Waals surface area contributed by atoms with Gasteiger partial charge in [-0.15, -0.1) is 0 Å². The number of nitrogens with two attached hydrogens (primary N) is 1. The van der Waals surface area contributed by atoms with E-state index in [1.165, 1.54) is 29.2 Å². The molecule has 0 saturated carbocycles. The van der Waals surface area contributed by atoms with Gasteiger partial charge in [0.1, 0.15) is 11.4 Å². The number of hydrogen-bond donors (Lipinski definition) is 2. The van der Waals surface area contributed by atoms with Crippen LogP contribution >= 0.6 is 0 Å². The largest absolute Gasteiger partial charge is 0.384 e. The van der Waals surface area contributed by atoms with Gasteiger partial charge in [0.15, 0.2) is 5.78 Å². The van der Waals surface area contributed by atoms with Crippen molar-refractivity contribution in [3.8, 4) is 0 Å². The van der Waals surface area contributed by atoms with E-state index < -0.39 is 17.0 Å². The van der Waals surface area contributed by atoms with Crippen LogP contribution in [0, 0.1) is 0 Å². The topological polar surface area (TPSA) is 99.1 Å². The molecule has 0 unspecified atom stereocenters. The summed E-state index contributed by atoms with van der Waals surface area (Å²) in [5, 5.41) is 3.17. The van der Waals surface area contributed by atoms with Crippen LogP contribution in [0.2, 0.25) is 0 Å². The highest BCUT2D eigenvalue weighted by molar-refractivity contribution is 6.02. The third kappa shape index (κ3) is 3.54. The number of carbonyl (C=O) groups is 1. The number of Topliss-reactive ketones (excluding diaryl/α,β-unsaturated/α-hetero) is 1. The third-order valence-corrected chi connectivity index (χ3v) is 5.14. The zero-order valence-corrected chi connectivity index (χ0v) is 15.9. The Kier molecular flexibility index (Phi) is 5.48. The summed E-state index contributed by atoms with van der Waals surface area (Å²) in [7, 11) is 1.37. The molecule has 1 aromatic heterocycles. The molecule has 1 aliphatic rings. The van der Waals surface area contributed by atoms with Crippen molar-refractivity contribution in [2.75, 3.05) is 17.6 Å². The van der Waals surface area contributed by atoms with Gasteiger partial charge in [-0.3, -0.25) is 18.7 Å². The molecule has 2 aromatic rings. The zero-order valence-electron chi connectivity index (χ0n) is 15.9. The first kappa shape index (κ1) is 18.9. The second kappa shape index (κ2) is 7.82. The molecule has 3 N–H and O–H groups in total. The van der Waals surface area contributed by atoms with Gasteiger partial charge in [-0.1, -0.05) is 19.1 Å². The highest BCUT2D eigenvalue weighted by Gasteiger charge is 2.21. The Labute approximate surface area is 157 Å². The highest BCUT2D eigenvalue weighted by atomic mass is 16.2. The fraction of sp³-hybridized carbons (Fsp3) is 0.450. The number of benzene rings is 1. The first-order valence-corrected chi connectivity index (χ1v) is 9.42. The minimum Gasteiger partial charge on any atom is -0.384 e. The van der Waals surface area contributed by atoms with Crippen LogP contribution in [-0.4, -0.2) is 21.5 Å². The number of nitrogens with zero attached hydrogens (tertiary/aromatic N) is 2. The number of ketones is 1. The molecular formula is C20H26N4O3. The van der Waals surface area contributed by atoms with Crippen LogP contribution in [0.3, 0.4) is 0 Å². The summed E-state index contributed by atoms with van der Waals surface area (Å²) in [6.45, 7) is 2.22. The first-order valence-electron chi connectivity index (χ1n) is 9.42. The summed E-state index contributed by atoms with van der Waals surface area (Å²) >= 11 is 0. The molecule has 7 heteroatoms. The summed E-state index contributed by atoms with van der Waals surface area (Å²) in [6.07, 6.45) is 5.02. The Balaban J connectivity index is 1.90. The molecule has 1 heterocycles. The molecule has 0 bridgehead atoms. The van der Waals surface area contributed by atoms with Crippen molar-refractivity contribution in [1.82, 2.24) is 9.13 Å². The van der Waals surface area contributed by atoms with E-state index in [2.05, 4.69) is 11.4 Å². The van der Waals surface area contributed by atoms with E-state index in [-0.39, 0.29) is 17.9 Å². The van der Waals surface area contributed by atoms with Gasteiger partial charge in [0.05, 0.1) is 6.54 Å². The summed E-state index contributed by atoms with van der Waals surface area (Å²) in [5.41, 5.74) is 8.24. The van der Waals surface area contributed by atoms with Gasteiger partial charge in [-0.25, -0.2) is 4.79 Å². The van der Waals surface area contributed by atoms with Crippen molar-refractivity contribution in [2.24, 2.45) is 7.05 Å². The molecule has 0 saturated heterocycles. The molecule has 0 aliphatic heterocycles. The van der Waals surface area contributed by atoms with Crippen LogP contribution in [0.1, 0.15) is 47.7 Å². The Hall–Kier alpha value is -2.83. The molecule has 0 amide bonds. The minimum atomic E-state index is -0.647. The molecule has 0 spiro atoms. The summed E-state index contributed by atoms with van der Waals surface area (Å²) < 4.78 is 2.24. The van der Waals surface area contributed by atoms with Crippen LogP contribution in [0.4, 0.5) is 11.5 Å². The predicted octanol–water partition coefficient (Wildman–Crippen LogP) is 1.71. The molecule has 7 nitrogen and oxygen atoms in total. The number of aryl methyl sites for hydroxylation is 1. The van der Waals surface area contributed by atoms with E-state index in [1.807, 2.05) is 19.1 Å². The minimum absolute atomic E-state index is 0.0414. The first-order chi connectivity index (χ1) is 13.0. The third-order valence-electron chi connectivity index (χ3n) is 5.14. The maximum absolute atomic E-state index is 12.8. The number of nitrogens with one attached hydrogen (secondary N) is 1. The Morgan fingerprint density at radius 2 is 1.96 bits per heavy atom. The molecule has 1 aliphatic carbocycles. The second-order valence-electron chi connectivity index (χ2n) is 6.99. The Morgan fingerprint density at radius 3 is 2.70 bits per heavy atom. The molecule has 27 heavy (non-hydrogen) atoms. The fourth-order valence-electron chi connectivity index (χ4n) is 3.70. The second-order valence-corrected chi connectivity index (χ2v) is 6.99.